The number of aromatic nitrogens is 3. The number of hydrazine groups is 1. The highest BCUT2D eigenvalue weighted by Crippen LogP contribution is 2.39. The smallest absolute Gasteiger partial charge is 0.305 e. The zero-order chi connectivity index (χ0) is 21.5. The summed E-state index contributed by atoms with van der Waals surface area (Å²) in [4.78, 5) is 39.0. The lowest BCUT2D eigenvalue weighted by atomic mass is 9.93. The van der Waals surface area contributed by atoms with Gasteiger partial charge in [0.2, 0.25) is 6.04 Å². The fourth-order valence-electron chi connectivity index (χ4n) is 3.95. The van der Waals surface area contributed by atoms with E-state index in [-0.39, 0.29) is 10.9 Å². The van der Waals surface area contributed by atoms with E-state index in [1.165, 1.54) is 21.8 Å². The monoisotopic (exact) mass is 455 g/mol. The predicted molar refractivity (Wildman–Crippen MR) is 125 cm³/mol. The van der Waals surface area contributed by atoms with Gasteiger partial charge in [0.25, 0.3) is 0 Å². The van der Waals surface area contributed by atoms with E-state index in [2.05, 4.69) is 39.5 Å². The molecule has 3 N–H and O–H groups in total. The van der Waals surface area contributed by atoms with E-state index in [4.69, 9.17) is 0 Å². The van der Waals surface area contributed by atoms with E-state index in [9.17, 15) is 9.70 Å². The van der Waals surface area contributed by atoms with Crippen LogP contribution < -0.4 is 15.6 Å². The lowest BCUT2D eigenvalue weighted by Gasteiger charge is -2.16. The summed E-state index contributed by atoms with van der Waals surface area (Å²) in [5.41, 5.74) is 5.94. The van der Waals surface area contributed by atoms with Crippen molar-refractivity contribution in [3.05, 3.63) is 49.5 Å². The third kappa shape index (κ3) is 3.92. The molecule has 1 atom stereocenters. The largest absolute Gasteiger partial charge is 0.340 e. The second-order valence-electron chi connectivity index (χ2n) is 8.24. The Bertz CT molecular complexity index is 1340. The maximum Gasteiger partial charge on any atom is 0.305 e. The summed E-state index contributed by atoms with van der Waals surface area (Å²) in [6.07, 6.45) is 3.91. The molecule has 0 spiro atoms. The molecule has 5 rings (SSSR count). The molecule has 160 valence electrons. The molecule has 0 amide bonds. The summed E-state index contributed by atoms with van der Waals surface area (Å²) in [6, 6.07) is 5.72. The van der Waals surface area contributed by atoms with Crippen LogP contribution in [0.5, 0.6) is 0 Å². The van der Waals surface area contributed by atoms with Gasteiger partial charge in [-0.25, -0.2) is 9.97 Å². The molecule has 1 aliphatic carbocycles. The van der Waals surface area contributed by atoms with Gasteiger partial charge >= 0.3 is 4.87 Å². The van der Waals surface area contributed by atoms with Gasteiger partial charge in [-0.1, -0.05) is 25.2 Å². The van der Waals surface area contributed by atoms with Crippen LogP contribution in [0.2, 0.25) is 0 Å². The lowest BCUT2D eigenvalue weighted by molar-refractivity contribution is -0.642. The van der Waals surface area contributed by atoms with Crippen LogP contribution >= 0.6 is 22.7 Å². The van der Waals surface area contributed by atoms with Crippen molar-refractivity contribution >= 4 is 54.6 Å². The van der Waals surface area contributed by atoms with Crippen molar-refractivity contribution in [2.45, 2.75) is 39.2 Å². The first-order valence-electron chi connectivity index (χ1n) is 10.3. The van der Waals surface area contributed by atoms with Crippen LogP contribution in [0, 0.1) is 10.8 Å². The molecule has 3 aromatic heterocycles. The maximum atomic E-state index is 12.5. The SMILES string of the molecule is CC(C)CN[N+](=O)C1CCc2c(sc3ncnc(Nc4ccc5[nH]c(=O)sc5c4)c23)C1. The number of rotatable bonds is 6. The predicted octanol–water partition coefficient (Wildman–Crippen LogP) is 4.13. The van der Waals surface area contributed by atoms with Gasteiger partial charge in [0.1, 0.15) is 21.8 Å². The summed E-state index contributed by atoms with van der Waals surface area (Å²) in [6.45, 7) is 4.86. The molecule has 4 aromatic rings. The van der Waals surface area contributed by atoms with Crippen LogP contribution in [0.4, 0.5) is 11.5 Å². The highest BCUT2D eigenvalue weighted by Gasteiger charge is 2.34. The number of H-pyrrole nitrogens is 1. The minimum atomic E-state index is -0.0672. The van der Waals surface area contributed by atoms with Crippen molar-refractivity contribution in [1.29, 1.82) is 0 Å². The maximum absolute atomic E-state index is 12.5. The van der Waals surface area contributed by atoms with Crippen LogP contribution in [0.15, 0.2) is 29.3 Å². The van der Waals surface area contributed by atoms with E-state index >= 15 is 0 Å². The summed E-state index contributed by atoms with van der Waals surface area (Å²) >= 11 is 2.84. The quantitative estimate of drug-likeness (QED) is 0.298. The number of thiophene rings is 1. The number of nitrogens with one attached hydrogen (secondary N) is 3. The molecule has 0 saturated carbocycles. The summed E-state index contributed by atoms with van der Waals surface area (Å²) in [5, 5.41) is 4.45. The number of nitroso groups, excluding NO2 is 1. The fourth-order valence-corrected chi connectivity index (χ4v) is 5.98. The van der Waals surface area contributed by atoms with Gasteiger partial charge in [0.15, 0.2) is 0 Å². The van der Waals surface area contributed by atoms with Gasteiger partial charge in [-0.3, -0.25) is 4.79 Å². The molecule has 0 saturated heterocycles. The zero-order valence-electron chi connectivity index (χ0n) is 17.3. The van der Waals surface area contributed by atoms with E-state index in [1.807, 2.05) is 18.2 Å². The number of anilines is 2. The van der Waals surface area contributed by atoms with Gasteiger partial charge in [-0.05, 0) is 36.1 Å². The first kappa shape index (κ1) is 20.1. The Balaban J connectivity index is 1.43. The molecule has 1 unspecified atom stereocenters. The Morgan fingerprint density at radius 2 is 2.16 bits per heavy atom. The van der Waals surface area contributed by atoms with Crippen molar-refractivity contribution in [3.8, 4) is 0 Å². The minimum Gasteiger partial charge on any atom is -0.340 e. The molecule has 0 radical (unpaired) electrons. The fraction of sp³-hybridized carbons (Fsp3) is 0.381. The average Bonchev–Trinajstić information content (AvgIpc) is 3.30. The van der Waals surface area contributed by atoms with Crippen molar-refractivity contribution < 1.29 is 4.87 Å². The summed E-state index contributed by atoms with van der Waals surface area (Å²) in [7, 11) is 0. The second kappa shape index (κ2) is 8.01. The first-order chi connectivity index (χ1) is 15.0. The number of nitrogens with zero attached hydrogens (tertiary/aromatic N) is 3. The normalized spacial score (nSPS) is 16.0. The van der Waals surface area contributed by atoms with Crippen LogP contribution in [0.25, 0.3) is 20.4 Å². The van der Waals surface area contributed by atoms with Crippen LogP contribution in [-0.4, -0.2) is 32.4 Å². The van der Waals surface area contributed by atoms with Crippen molar-refractivity contribution in [2.24, 2.45) is 5.92 Å². The number of benzene rings is 1. The number of aryl methyl sites for hydroxylation is 1. The number of aromatic amines is 1. The van der Waals surface area contributed by atoms with Crippen molar-refractivity contribution in [1.82, 2.24) is 20.4 Å². The minimum absolute atomic E-state index is 0.0617. The molecular formula is C21H23N6O2S2+. The molecular weight excluding hydrogens is 432 g/mol. The molecule has 8 nitrogen and oxygen atoms in total. The number of hydrogen-bond donors (Lipinski definition) is 3. The Kier molecular flexibility index (Phi) is 5.19. The van der Waals surface area contributed by atoms with Crippen LogP contribution in [0.3, 0.4) is 0 Å². The van der Waals surface area contributed by atoms with Crippen LogP contribution in [-0.2, 0) is 12.8 Å². The lowest BCUT2D eigenvalue weighted by Crippen LogP contribution is -2.40. The molecule has 31 heavy (non-hydrogen) atoms. The topological polar surface area (TPSA) is 103 Å². The van der Waals surface area contributed by atoms with Gasteiger partial charge in [-0.15, -0.1) is 11.3 Å². The van der Waals surface area contributed by atoms with Gasteiger partial charge < -0.3 is 10.3 Å². The van der Waals surface area contributed by atoms with E-state index < -0.39 is 0 Å². The Hall–Kier alpha value is -2.85. The molecule has 0 aliphatic heterocycles. The van der Waals surface area contributed by atoms with Gasteiger partial charge in [0.05, 0.1) is 33.5 Å². The van der Waals surface area contributed by atoms with Crippen LogP contribution in [0.1, 0.15) is 30.7 Å². The molecule has 0 bridgehead atoms. The molecule has 1 aliphatic rings. The Labute approximate surface area is 186 Å². The van der Waals surface area contributed by atoms with E-state index in [0.29, 0.717) is 18.9 Å². The van der Waals surface area contributed by atoms with Gasteiger partial charge in [-0.2, -0.15) is 5.43 Å². The average molecular weight is 456 g/mol. The summed E-state index contributed by atoms with van der Waals surface area (Å²) in [5.74, 6) is 1.19. The van der Waals surface area contributed by atoms with E-state index in [1.54, 1.807) is 17.7 Å². The number of fused-ring (bicyclic) bond motifs is 4. The third-order valence-corrected chi connectivity index (χ3v) is 7.50. The van der Waals surface area contributed by atoms with Crippen molar-refractivity contribution in [3.63, 3.8) is 0 Å². The third-order valence-electron chi connectivity index (χ3n) is 5.49. The van der Waals surface area contributed by atoms with E-state index in [0.717, 1.165) is 49.6 Å². The molecule has 10 heteroatoms. The number of thiazole rings is 1. The second-order valence-corrected chi connectivity index (χ2v) is 10.3. The van der Waals surface area contributed by atoms with Gasteiger partial charge in [0, 0.05) is 17.0 Å². The molecule has 0 fully saturated rings. The first-order valence-corrected chi connectivity index (χ1v) is 12.0. The number of hydrogen-bond acceptors (Lipinski definition) is 7. The highest BCUT2D eigenvalue weighted by molar-refractivity contribution is 7.19. The zero-order valence-corrected chi connectivity index (χ0v) is 18.9. The summed E-state index contributed by atoms with van der Waals surface area (Å²) < 4.78 is 0.903. The Morgan fingerprint density at radius 3 is 3.00 bits per heavy atom. The molecule has 1 aromatic carbocycles. The standard InChI is InChI=1S/C21H22N6O2S2/c1-11(2)9-24-27(29)13-4-5-14-16(8-13)30-20-18(14)19(22-10-23-20)25-12-3-6-15-17(7-12)31-21(28)26-15/h3,6-7,10-11,13H,4-5,8-9H2,1-2H3,(H2-,22,23,24,25,26,28,29)/p+1. The highest BCUT2D eigenvalue weighted by atomic mass is 32.1. The molecule has 3 heterocycles. The Morgan fingerprint density at radius 1 is 1.29 bits per heavy atom. The van der Waals surface area contributed by atoms with Crippen molar-refractivity contribution in [2.75, 3.05) is 11.9 Å².